The first kappa shape index (κ1) is 16.3. The normalized spacial score (nSPS) is 20.0. The van der Waals surface area contributed by atoms with Crippen LogP contribution in [0.1, 0.15) is 33.6 Å². The highest BCUT2D eigenvalue weighted by atomic mass is 16.6. The maximum Gasteiger partial charge on any atom is 0.408 e. The molecular weight excluding hydrogens is 264 g/mol. The molecule has 0 aromatic heterocycles. The third-order valence-electron chi connectivity index (χ3n) is 2.86. The van der Waals surface area contributed by atoms with E-state index in [1.807, 2.05) is 0 Å². The smallest absolute Gasteiger partial charge is 0.408 e. The van der Waals surface area contributed by atoms with E-state index >= 15 is 0 Å². The van der Waals surface area contributed by atoms with Crippen LogP contribution in [0.2, 0.25) is 0 Å². The standard InChI is InChI=1S/C13H22N2O5/c1-13(2,3)20-12(18)15-9(11(17)19-4)7-8-5-6-14-10(8)16/h8-9H,5-7H2,1-4H3,(H,14,16)(H,15,18)/t8-,9-/m0/s1. The molecule has 114 valence electrons. The number of nitrogens with one attached hydrogen (secondary N) is 2. The number of carbonyl (C=O) groups is 3. The van der Waals surface area contributed by atoms with E-state index in [9.17, 15) is 14.4 Å². The van der Waals surface area contributed by atoms with Gasteiger partial charge in [0.25, 0.3) is 0 Å². The van der Waals surface area contributed by atoms with Crippen LogP contribution in [-0.2, 0) is 19.1 Å². The number of methoxy groups -OCH3 is 1. The summed E-state index contributed by atoms with van der Waals surface area (Å²) < 4.78 is 9.74. The van der Waals surface area contributed by atoms with Crippen LogP contribution in [0.5, 0.6) is 0 Å². The molecular formula is C13H22N2O5. The van der Waals surface area contributed by atoms with E-state index < -0.39 is 23.7 Å². The Labute approximate surface area is 118 Å². The molecule has 0 unspecified atom stereocenters. The van der Waals surface area contributed by atoms with Crippen LogP contribution < -0.4 is 10.6 Å². The number of rotatable bonds is 4. The number of carbonyl (C=O) groups excluding carboxylic acids is 3. The third-order valence-corrected chi connectivity index (χ3v) is 2.86. The summed E-state index contributed by atoms with van der Waals surface area (Å²) in [5.41, 5.74) is -0.657. The molecule has 20 heavy (non-hydrogen) atoms. The molecule has 1 aliphatic rings. The number of hydrogen-bond acceptors (Lipinski definition) is 5. The second kappa shape index (κ2) is 6.58. The van der Waals surface area contributed by atoms with E-state index in [1.54, 1.807) is 20.8 Å². The summed E-state index contributed by atoms with van der Waals surface area (Å²) in [6.45, 7) is 5.77. The highest BCUT2D eigenvalue weighted by Gasteiger charge is 2.32. The summed E-state index contributed by atoms with van der Waals surface area (Å²) in [6.07, 6.45) is 0.145. The van der Waals surface area contributed by atoms with Gasteiger partial charge in [0, 0.05) is 12.5 Å². The lowest BCUT2D eigenvalue weighted by Gasteiger charge is -2.23. The maximum absolute atomic E-state index is 11.7. The monoisotopic (exact) mass is 286 g/mol. The van der Waals surface area contributed by atoms with Crippen LogP contribution in [0, 0.1) is 5.92 Å². The molecule has 0 aromatic rings. The van der Waals surface area contributed by atoms with Gasteiger partial charge >= 0.3 is 12.1 Å². The molecule has 2 amide bonds. The fourth-order valence-corrected chi connectivity index (χ4v) is 1.96. The zero-order valence-electron chi connectivity index (χ0n) is 12.3. The summed E-state index contributed by atoms with van der Waals surface area (Å²) >= 11 is 0. The van der Waals surface area contributed by atoms with E-state index in [-0.39, 0.29) is 18.2 Å². The lowest BCUT2D eigenvalue weighted by atomic mass is 9.98. The van der Waals surface area contributed by atoms with Crippen molar-refractivity contribution in [3.63, 3.8) is 0 Å². The highest BCUT2D eigenvalue weighted by Crippen LogP contribution is 2.17. The van der Waals surface area contributed by atoms with Crippen LogP contribution in [0.15, 0.2) is 0 Å². The van der Waals surface area contributed by atoms with Crippen molar-refractivity contribution in [2.24, 2.45) is 5.92 Å². The molecule has 0 bridgehead atoms. The summed E-state index contributed by atoms with van der Waals surface area (Å²) in [4.78, 5) is 34.9. The molecule has 2 N–H and O–H groups in total. The Morgan fingerprint density at radius 1 is 1.45 bits per heavy atom. The first-order valence-electron chi connectivity index (χ1n) is 6.58. The quantitative estimate of drug-likeness (QED) is 0.737. The summed E-state index contributed by atoms with van der Waals surface area (Å²) in [5.74, 6) is -0.991. The van der Waals surface area contributed by atoms with Gasteiger partial charge in [0.1, 0.15) is 11.6 Å². The van der Waals surface area contributed by atoms with Gasteiger partial charge in [-0.3, -0.25) is 4.79 Å². The van der Waals surface area contributed by atoms with Crippen molar-refractivity contribution in [2.75, 3.05) is 13.7 Å². The molecule has 1 heterocycles. The Bertz CT molecular complexity index is 389. The fourth-order valence-electron chi connectivity index (χ4n) is 1.96. The van der Waals surface area contributed by atoms with Gasteiger partial charge in [-0.25, -0.2) is 9.59 Å². The number of amides is 2. The Kier molecular flexibility index (Phi) is 5.35. The third kappa shape index (κ3) is 5.07. The van der Waals surface area contributed by atoms with Gasteiger partial charge in [-0.15, -0.1) is 0 Å². The molecule has 0 radical (unpaired) electrons. The predicted molar refractivity (Wildman–Crippen MR) is 70.9 cm³/mol. The first-order chi connectivity index (χ1) is 9.23. The minimum atomic E-state index is -0.885. The van der Waals surface area contributed by atoms with Crippen molar-refractivity contribution in [3.05, 3.63) is 0 Å². The number of alkyl carbamates (subject to hydrolysis) is 1. The Morgan fingerprint density at radius 2 is 2.10 bits per heavy atom. The van der Waals surface area contributed by atoms with Crippen molar-refractivity contribution in [3.8, 4) is 0 Å². The Balaban J connectivity index is 2.62. The fraction of sp³-hybridized carbons (Fsp3) is 0.769. The average molecular weight is 286 g/mol. The van der Waals surface area contributed by atoms with Crippen LogP contribution in [0.3, 0.4) is 0 Å². The van der Waals surface area contributed by atoms with E-state index in [1.165, 1.54) is 7.11 Å². The van der Waals surface area contributed by atoms with E-state index in [0.29, 0.717) is 13.0 Å². The van der Waals surface area contributed by atoms with Crippen LogP contribution in [0.4, 0.5) is 4.79 Å². The summed E-state index contributed by atoms with van der Waals surface area (Å²) in [7, 11) is 1.24. The molecule has 7 heteroatoms. The molecule has 1 aliphatic heterocycles. The molecule has 0 spiro atoms. The number of esters is 1. The Hall–Kier alpha value is -1.79. The van der Waals surface area contributed by atoms with Crippen molar-refractivity contribution in [1.82, 2.24) is 10.6 Å². The van der Waals surface area contributed by atoms with Gasteiger partial charge in [0.05, 0.1) is 7.11 Å². The molecule has 1 rings (SSSR count). The molecule has 2 atom stereocenters. The van der Waals surface area contributed by atoms with Crippen molar-refractivity contribution in [1.29, 1.82) is 0 Å². The van der Waals surface area contributed by atoms with Gasteiger partial charge in [-0.2, -0.15) is 0 Å². The van der Waals surface area contributed by atoms with Gasteiger partial charge < -0.3 is 20.1 Å². The van der Waals surface area contributed by atoms with Crippen molar-refractivity contribution < 1.29 is 23.9 Å². The maximum atomic E-state index is 11.7. The lowest BCUT2D eigenvalue weighted by molar-refractivity contribution is -0.143. The van der Waals surface area contributed by atoms with Gasteiger partial charge in [0.2, 0.25) is 5.91 Å². The summed E-state index contributed by atoms with van der Waals surface area (Å²) in [5, 5.41) is 5.14. The SMILES string of the molecule is COC(=O)[C@H](C[C@@H]1CCNC1=O)NC(=O)OC(C)(C)C. The van der Waals surface area contributed by atoms with Crippen molar-refractivity contribution in [2.45, 2.75) is 45.3 Å². The van der Waals surface area contributed by atoms with E-state index in [0.717, 1.165) is 0 Å². The van der Waals surface area contributed by atoms with Crippen LogP contribution in [0.25, 0.3) is 0 Å². The molecule has 1 fully saturated rings. The molecule has 7 nitrogen and oxygen atoms in total. The molecule has 0 aromatic carbocycles. The minimum absolute atomic E-state index is 0.107. The van der Waals surface area contributed by atoms with Crippen LogP contribution >= 0.6 is 0 Å². The minimum Gasteiger partial charge on any atom is -0.467 e. The molecule has 0 aliphatic carbocycles. The zero-order chi connectivity index (χ0) is 15.3. The number of ether oxygens (including phenoxy) is 2. The van der Waals surface area contributed by atoms with E-state index in [4.69, 9.17) is 4.74 Å². The van der Waals surface area contributed by atoms with E-state index in [2.05, 4.69) is 15.4 Å². The average Bonchev–Trinajstić information content (AvgIpc) is 2.70. The lowest BCUT2D eigenvalue weighted by Crippen LogP contribution is -2.45. The van der Waals surface area contributed by atoms with Crippen molar-refractivity contribution >= 4 is 18.0 Å². The predicted octanol–water partition coefficient (Wildman–Crippen LogP) is 0.579. The highest BCUT2D eigenvalue weighted by molar-refractivity contribution is 5.84. The van der Waals surface area contributed by atoms with Gasteiger partial charge in [0.15, 0.2) is 0 Å². The second-order valence-corrected chi connectivity index (χ2v) is 5.73. The Morgan fingerprint density at radius 3 is 2.55 bits per heavy atom. The number of hydrogen-bond donors (Lipinski definition) is 2. The van der Waals surface area contributed by atoms with Gasteiger partial charge in [-0.05, 0) is 33.6 Å². The van der Waals surface area contributed by atoms with Crippen LogP contribution in [-0.4, -0.2) is 43.3 Å². The first-order valence-corrected chi connectivity index (χ1v) is 6.58. The zero-order valence-corrected chi connectivity index (χ0v) is 12.3. The molecule has 0 saturated carbocycles. The largest absolute Gasteiger partial charge is 0.467 e. The summed E-state index contributed by atoms with van der Waals surface area (Å²) in [6, 6.07) is -0.885. The van der Waals surface area contributed by atoms with Gasteiger partial charge in [-0.1, -0.05) is 0 Å². The second-order valence-electron chi connectivity index (χ2n) is 5.73. The topological polar surface area (TPSA) is 93.7 Å². The molecule has 1 saturated heterocycles.